The molecule has 1 amide bonds. The van der Waals surface area contributed by atoms with E-state index >= 15 is 0 Å². The van der Waals surface area contributed by atoms with E-state index in [0.29, 0.717) is 11.5 Å². The fourth-order valence-corrected chi connectivity index (χ4v) is 1.78. The summed E-state index contributed by atoms with van der Waals surface area (Å²) in [6.07, 6.45) is 0. The first kappa shape index (κ1) is 15.1. The van der Waals surface area contributed by atoms with E-state index in [-0.39, 0.29) is 12.5 Å². The summed E-state index contributed by atoms with van der Waals surface area (Å²) in [5.74, 6) is 1.46. The lowest BCUT2D eigenvalue weighted by atomic mass is 10.2. The molecule has 0 aromatic heterocycles. The van der Waals surface area contributed by atoms with Gasteiger partial charge in [0.05, 0.1) is 20.8 Å². The predicted molar refractivity (Wildman–Crippen MR) is 76.0 cm³/mol. The summed E-state index contributed by atoms with van der Waals surface area (Å²) in [6, 6.07) is 5.45. The van der Waals surface area contributed by atoms with Crippen molar-refractivity contribution in [2.75, 3.05) is 39.2 Å². The number of nitrogens with one attached hydrogen (secondary N) is 1. The van der Waals surface area contributed by atoms with E-state index in [0.717, 1.165) is 18.8 Å². The maximum absolute atomic E-state index is 11.9. The number of carbonyl (C=O) groups excluding carboxylic acids is 1. The minimum absolute atomic E-state index is 0.0757. The van der Waals surface area contributed by atoms with Gasteiger partial charge in [-0.1, -0.05) is 0 Å². The molecule has 0 atom stereocenters. The quantitative estimate of drug-likeness (QED) is 0.820. The van der Waals surface area contributed by atoms with Gasteiger partial charge in [0.15, 0.2) is 0 Å². The smallest absolute Gasteiger partial charge is 0.241 e. The second kappa shape index (κ2) is 7.51. The maximum Gasteiger partial charge on any atom is 0.241 e. The number of hydrogen-bond donors (Lipinski definition) is 1. The molecule has 0 radical (unpaired) electrons. The van der Waals surface area contributed by atoms with Crippen molar-refractivity contribution in [3.63, 3.8) is 0 Å². The molecular formula is C14H22N2O3. The summed E-state index contributed by atoms with van der Waals surface area (Å²) < 4.78 is 10.4. The Morgan fingerprint density at radius 3 is 2.05 bits per heavy atom. The fraction of sp³-hybridized carbons (Fsp3) is 0.500. The molecule has 0 fully saturated rings. The van der Waals surface area contributed by atoms with Gasteiger partial charge >= 0.3 is 0 Å². The minimum atomic E-state index is 0.0757. The lowest BCUT2D eigenvalue weighted by molar-refractivity contribution is -0.128. The van der Waals surface area contributed by atoms with Gasteiger partial charge in [0.25, 0.3) is 0 Å². The Bertz CT molecular complexity index is 395. The van der Waals surface area contributed by atoms with Gasteiger partial charge in [-0.25, -0.2) is 0 Å². The van der Waals surface area contributed by atoms with Crippen LogP contribution in [0.1, 0.15) is 13.8 Å². The third-order valence-corrected chi connectivity index (χ3v) is 2.91. The molecule has 0 aliphatic rings. The molecule has 0 unspecified atom stereocenters. The second-order valence-corrected chi connectivity index (χ2v) is 4.02. The van der Waals surface area contributed by atoms with E-state index in [1.165, 1.54) is 0 Å². The van der Waals surface area contributed by atoms with Crippen molar-refractivity contribution in [2.24, 2.45) is 0 Å². The average Bonchev–Trinajstić information content (AvgIpc) is 2.45. The molecule has 0 heterocycles. The van der Waals surface area contributed by atoms with Gasteiger partial charge in [0, 0.05) is 37.0 Å². The van der Waals surface area contributed by atoms with E-state index in [9.17, 15) is 4.79 Å². The number of amides is 1. The van der Waals surface area contributed by atoms with Crippen LogP contribution in [-0.4, -0.2) is 44.7 Å². The zero-order valence-electron chi connectivity index (χ0n) is 12.0. The van der Waals surface area contributed by atoms with Crippen LogP contribution in [0.5, 0.6) is 11.5 Å². The Labute approximate surface area is 114 Å². The third-order valence-electron chi connectivity index (χ3n) is 2.91. The first-order chi connectivity index (χ1) is 9.14. The van der Waals surface area contributed by atoms with Crippen molar-refractivity contribution in [3.8, 4) is 11.5 Å². The Hall–Kier alpha value is -1.91. The molecule has 5 nitrogen and oxygen atoms in total. The van der Waals surface area contributed by atoms with E-state index in [1.807, 2.05) is 26.0 Å². The molecule has 1 aromatic rings. The number of hydrogen-bond acceptors (Lipinski definition) is 4. The minimum Gasteiger partial charge on any atom is -0.497 e. The first-order valence-electron chi connectivity index (χ1n) is 6.39. The number of anilines is 1. The number of likely N-dealkylation sites (N-methyl/N-ethyl adjacent to an activating group) is 1. The van der Waals surface area contributed by atoms with E-state index in [1.54, 1.807) is 25.2 Å². The van der Waals surface area contributed by atoms with Gasteiger partial charge in [0.1, 0.15) is 11.5 Å². The fourth-order valence-electron chi connectivity index (χ4n) is 1.78. The van der Waals surface area contributed by atoms with Crippen molar-refractivity contribution in [2.45, 2.75) is 13.8 Å². The highest BCUT2D eigenvalue weighted by molar-refractivity contribution is 5.81. The van der Waals surface area contributed by atoms with Crippen molar-refractivity contribution in [3.05, 3.63) is 18.2 Å². The summed E-state index contributed by atoms with van der Waals surface area (Å²) in [5, 5.41) is 3.09. The maximum atomic E-state index is 11.9. The zero-order chi connectivity index (χ0) is 14.3. The molecule has 106 valence electrons. The average molecular weight is 266 g/mol. The molecule has 0 saturated carbocycles. The summed E-state index contributed by atoms with van der Waals surface area (Å²) in [6.45, 7) is 5.64. The Morgan fingerprint density at radius 2 is 1.63 bits per heavy atom. The molecular weight excluding hydrogens is 244 g/mol. The second-order valence-electron chi connectivity index (χ2n) is 4.02. The SMILES string of the molecule is CCN(CC)C(=O)CNc1cc(OC)cc(OC)c1. The van der Waals surface area contributed by atoms with Crippen LogP contribution in [0.15, 0.2) is 18.2 Å². The monoisotopic (exact) mass is 266 g/mol. The lowest BCUT2D eigenvalue weighted by Crippen LogP contribution is -2.35. The van der Waals surface area contributed by atoms with Crippen LogP contribution in [0.25, 0.3) is 0 Å². The molecule has 0 saturated heterocycles. The Morgan fingerprint density at radius 1 is 1.11 bits per heavy atom. The number of methoxy groups -OCH3 is 2. The van der Waals surface area contributed by atoms with Crippen LogP contribution < -0.4 is 14.8 Å². The molecule has 19 heavy (non-hydrogen) atoms. The standard InChI is InChI=1S/C14H22N2O3/c1-5-16(6-2)14(17)10-15-11-7-12(18-3)9-13(8-11)19-4/h7-9,15H,5-6,10H2,1-4H3. The normalized spacial score (nSPS) is 9.89. The van der Waals surface area contributed by atoms with Crippen LogP contribution in [-0.2, 0) is 4.79 Å². The molecule has 1 N–H and O–H groups in total. The molecule has 0 aliphatic heterocycles. The summed E-state index contributed by atoms with van der Waals surface area (Å²) in [4.78, 5) is 13.7. The summed E-state index contributed by atoms with van der Waals surface area (Å²) in [7, 11) is 3.19. The summed E-state index contributed by atoms with van der Waals surface area (Å²) >= 11 is 0. The highest BCUT2D eigenvalue weighted by Gasteiger charge is 2.09. The molecule has 1 aromatic carbocycles. The lowest BCUT2D eigenvalue weighted by Gasteiger charge is -2.19. The molecule has 1 rings (SSSR count). The van der Waals surface area contributed by atoms with E-state index in [4.69, 9.17) is 9.47 Å². The van der Waals surface area contributed by atoms with E-state index in [2.05, 4.69) is 5.32 Å². The van der Waals surface area contributed by atoms with Crippen LogP contribution >= 0.6 is 0 Å². The van der Waals surface area contributed by atoms with Gasteiger partial charge in [0.2, 0.25) is 5.91 Å². The van der Waals surface area contributed by atoms with Gasteiger partial charge < -0.3 is 19.7 Å². The van der Waals surface area contributed by atoms with E-state index < -0.39 is 0 Å². The number of rotatable bonds is 7. The number of nitrogens with zero attached hydrogens (tertiary/aromatic N) is 1. The first-order valence-corrected chi connectivity index (χ1v) is 6.39. The number of ether oxygens (including phenoxy) is 2. The Kier molecular flexibility index (Phi) is 5.99. The van der Waals surface area contributed by atoms with Gasteiger partial charge in [-0.15, -0.1) is 0 Å². The molecule has 0 bridgehead atoms. The number of benzene rings is 1. The van der Waals surface area contributed by atoms with Crippen molar-refractivity contribution in [1.29, 1.82) is 0 Å². The van der Waals surface area contributed by atoms with Crippen LogP contribution in [0.2, 0.25) is 0 Å². The number of carbonyl (C=O) groups is 1. The largest absolute Gasteiger partial charge is 0.497 e. The molecule has 0 aliphatic carbocycles. The van der Waals surface area contributed by atoms with Crippen molar-refractivity contribution in [1.82, 2.24) is 4.90 Å². The highest BCUT2D eigenvalue weighted by atomic mass is 16.5. The topological polar surface area (TPSA) is 50.8 Å². The highest BCUT2D eigenvalue weighted by Crippen LogP contribution is 2.25. The van der Waals surface area contributed by atoms with Gasteiger partial charge in [-0.3, -0.25) is 4.79 Å². The van der Waals surface area contributed by atoms with Crippen molar-refractivity contribution < 1.29 is 14.3 Å². The predicted octanol–water partition coefficient (Wildman–Crippen LogP) is 1.98. The molecule has 5 heteroatoms. The van der Waals surface area contributed by atoms with Crippen LogP contribution in [0, 0.1) is 0 Å². The Balaban J connectivity index is 2.69. The third kappa shape index (κ3) is 4.35. The molecule has 0 spiro atoms. The van der Waals surface area contributed by atoms with Crippen LogP contribution in [0.4, 0.5) is 5.69 Å². The van der Waals surface area contributed by atoms with Crippen molar-refractivity contribution >= 4 is 11.6 Å². The summed E-state index contributed by atoms with van der Waals surface area (Å²) in [5.41, 5.74) is 0.803. The zero-order valence-corrected chi connectivity index (χ0v) is 12.0. The van der Waals surface area contributed by atoms with Gasteiger partial charge in [-0.2, -0.15) is 0 Å². The van der Waals surface area contributed by atoms with Crippen LogP contribution in [0.3, 0.4) is 0 Å². The van der Waals surface area contributed by atoms with Gasteiger partial charge in [-0.05, 0) is 13.8 Å².